The van der Waals surface area contributed by atoms with E-state index in [9.17, 15) is 4.79 Å². The summed E-state index contributed by atoms with van der Waals surface area (Å²) >= 11 is 11.8. The van der Waals surface area contributed by atoms with Crippen molar-refractivity contribution in [2.24, 2.45) is 11.8 Å². The lowest BCUT2D eigenvalue weighted by Gasteiger charge is -2.16. The van der Waals surface area contributed by atoms with Crippen molar-refractivity contribution in [3.05, 3.63) is 28.0 Å². The molecule has 0 N–H and O–H groups in total. The Morgan fingerprint density at radius 3 is 2.47 bits per heavy atom. The van der Waals surface area contributed by atoms with Gasteiger partial charge < -0.3 is 4.90 Å². The summed E-state index contributed by atoms with van der Waals surface area (Å²) in [6.45, 7) is 5.80. The van der Waals surface area contributed by atoms with E-state index in [0.717, 1.165) is 13.1 Å². The molecule has 1 aromatic heterocycles. The van der Waals surface area contributed by atoms with E-state index in [1.165, 1.54) is 0 Å². The predicted octanol–water partition coefficient (Wildman–Crippen LogP) is 3.12. The van der Waals surface area contributed by atoms with Crippen molar-refractivity contribution in [3.8, 4) is 0 Å². The number of amides is 1. The van der Waals surface area contributed by atoms with Crippen molar-refractivity contribution in [1.82, 2.24) is 9.88 Å². The van der Waals surface area contributed by atoms with E-state index in [-0.39, 0.29) is 16.8 Å². The lowest BCUT2D eigenvalue weighted by molar-refractivity contribution is 0.0779. The number of likely N-dealkylation sites (tertiary alicyclic amines) is 1. The topological polar surface area (TPSA) is 33.2 Å². The van der Waals surface area contributed by atoms with Crippen molar-refractivity contribution < 1.29 is 4.79 Å². The average molecular weight is 273 g/mol. The first-order valence-corrected chi connectivity index (χ1v) is 6.36. The van der Waals surface area contributed by atoms with Crippen LogP contribution in [0.1, 0.15) is 24.3 Å². The Labute approximate surface area is 111 Å². The first kappa shape index (κ1) is 12.7. The molecule has 5 heteroatoms. The summed E-state index contributed by atoms with van der Waals surface area (Å²) in [6, 6.07) is 3.18. The van der Waals surface area contributed by atoms with Gasteiger partial charge in [-0.25, -0.2) is 4.98 Å². The molecule has 0 radical (unpaired) electrons. The highest BCUT2D eigenvalue weighted by molar-refractivity contribution is 6.34. The molecule has 2 rings (SSSR count). The van der Waals surface area contributed by atoms with Crippen LogP contribution in [0.2, 0.25) is 10.2 Å². The van der Waals surface area contributed by atoms with E-state index in [2.05, 4.69) is 18.8 Å². The van der Waals surface area contributed by atoms with E-state index in [1.54, 1.807) is 17.0 Å². The predicted molar refractivity (Wildman–Crippen MR) is 68.5 cm³/mol. The first-order valence-electron chi connectivity index (χ1n) is 5.60. The zero-order valence-corrected chi connectivity index (χ0v) is 11.3. The fourth-order valence-electron chi connectivity index (χ4n) is 2.01. The standard InChI is InChI=1S/C12H14Cl2N2O/c1-7-5-16(6-8(7)2)12(17)11-9(13)3-4-10(14)15-11/h3-4,7-8H,5-6H2,1-2H3. The second-order valence-electron chi connectivity index (χ2n) is 4.63. The van der Waals surface area contributed by atoms with Gasteiger partial charge in [0.05, 0.1) is 5.02 Å². The molecule has 1 fully saturated rings. The summed E-state index contributed by atoms with van der Waals surface area (Å²) < 4.78 is 0. The molecule has 3 nitrogen and oxygen atoms in total. The normalized spacial score (nSPS) is 24.1. The number of carbonyl (C=O) groups is 1. The van der Waals surface area contributed by atoms with Crippen LogP contribution in [0.4, 0.5) is 0 Å². The quantitative estimate of drug-likeness (QED) is 0.736. The third-order valence-electron chi connectivity index (χ3n) is 3.29. The second kappa shape index (κ2) is 4.83. The summed E-state index contributed by atoms with van der Waals surface area (Å²) in [4.78, 5) is 18.0. The molecule has 0 bridgehead atoms. The summed E-state index contributed by atoms with van der Waals surface area (Å²) in [7, 11) is 0. The lowest BCUT2D eigenvalue weighted by atomic mass is 10.0. The van der Waals surface area contributed by atoms with Gasteiger partial charge in [0.1, 0.15) is 10.8 Å². The van der Waals surface area contributed by atoms with E-state index in [1.807, 2.05) is 0 Å². The van der Waals surface area contributed by atoms with E-state index in [4.69, 9.17) is 23.2 Å². The average Bonchev–Trinajstić information content (AvgIpc) is 2.62. The smallest absolute Gasteiger partial charge is 0.274 e. The molecule has 0 aliphatic carbocycles. The maximum atomic E-state index is 12.2. The zero-order chi connectivity index (χ0) is 12.6. The highest BCUT2D eigenvalue weighted by Crippen LogP contribution is 2.25. The van der Waals surface area contributed by atoms with Crippen molar-refractivity contribution >= 4 is 29.1 Å². The summed E-state index contributed by atoms with van der Waals surface area (Å²) in [5.74, 6) is 0.891. The van der Waals surface area contributed by atoms with Crippen LogP contribution >= 0.6 is 23.2 Å². The molecule has 1 aliphatic rings. The molecule has 1 amide bonds. The van der Waals surface area contributed by atoms with Gasteiger partial charge in [0.25, 0.3) is 5.91 Å². The summed E-state index contributed by atoms with van der Waals surface area (Å²) in [6.07, 6.45) is 0. The molecule has 0 spiro atoms. The van der Waals surface area contributed by atoms with Gasteiger partial charge in [-0.2, -0.15) is 0 Å². The summed E-state index contributed by atoms with van der Waals surface area (Å²) in [5, 5.41) is 0.643. The first-order chi connectivity index (χ1) is 7.99. The number of halogens is 2. The molecule has 17 heavy (non-hydrogen) atoms. The van der Waals surface area contributed by atoms with Gasteiger partial charge in [0.2, 0.25) is 0 Å². The van der Waals surface area contributed by atoms with Crippen LogP contribution < -0.4 is 0 Å². The minimum atomic E-state index is -0.131. The number of aromatic nitrogens is 1. The van der Waals surface area contributed by atoms with Crippen LogP contribution in [0, 0.1) is 11.8 Å². The SMILES string of the molecule is CC1CN(C(=O)c2nc(Cl)ccc2Cl)CC1C. The molecule has 2 heterocycles. The van der Waals surface area contributed by atoms with Crippen LogP contribution in [-0.2, 0) is 0 Å². The van der Waals surface area contributed by atoms with Crippen molar-refractivity contribution in [1.29, 1.82) is 0 Å². The molecular weight excluding hydrogens is 259 g/mol. The molecule has 2 unspecified atom stereocenters. The third kappa shape index (κ3) is 2.55. The number of nitrogens with zero attached hydrogens (tertiary/aromatic N) is 2. The van der Waals surface area contributed by atoms with Gasteiger partial charge in [0, 0.05) is 13.1 Å². The summed E-state index contributed by atoms with van der Waals surface area (Å²) in [5.41, 5.74) is 0.250. The molecule has 1 saturated heterocycles. The molecule has 92 valence electrons. The third-order valence-corrected chi connectivity index (χ3v) is 3.81. The fourth-order valence-corrected chi connectivity index (χ4v) is 2.35. The van der Waals surface area contributed by atoms with Crippen LogP contribution in [0.3, 0.4) is 0 Å². The van der Waals surface area contributed by atoms with Crippen molar-refractivity contribution in [2.45, 2.75) is 13.8 Å². The van der Waals surface area contributed by atoms with Gasteiger partial charge in [-0.1, -0.05) is 37.0 Å². The molecule has 1 aromatic rings. The number of rotatable bonds is 1. The largest absolute Gasteiger partial charge is 0.337 e. The number of carbonyl (C=O) groups excluding carboxylic acids is 1. The van der Waals surface area contributed by atoms with E-state index < -0.39 is 0 Å². The van der Waals surface area contributed by atoms with Crippen LogP contribution in [0.5, 0.6) is 0 Å². The van der Waals surface area contributed by atoms with Crippen LogP contribution in [0.25, 0.3) is 0 Å². The van der Waals surface area contributed by atoms with Gasteiger partial charge in [0.15, 0.2) is 0 Å². The lowest BCUT2D eigenvalue weighted by Crippen LogP contribution is -2.29. The van der Waals surface area contributed by atoms with Gasteiger partial charge in [-0.15, -0.1) is 0 Å². The second-order valence-corrected chi connectivity index (χ2v) is 5.42. The number of pyridine rings is 1. The van der Waals surface area contributed by atoms with E-state index in [0.29, 0.717) is 16.9 Å². The molecule has 1 aliphatic heterocycles. The number of hydrogen-bond acceptors (Lipinski definition) is 2. The minimum Gasteiger partial charge on any atom is -0.337 e. The maximum absolute atomic E-state index is 12.2. The fraction of sp³-hybridized carbons (Fsp3) is 0.500. The monoisotopic (exact) mass is 272 g/mol. The Kier molecular flexibility index (Phi) is 3.59. The Balaban J connectivity index is 2.23. The van der Waals surface area contributed by atoms with Gasteiger partial charge >= 0.3 is 0 Å². The highest BCUT2D eigenvalue weighted by atomic mass is 35.5. The Bertz CT molecular complexity index is 440. The Hall–Kier alpha value is -0.800. The zero-order valence-electron chi connectivity index (χ0n) is 9.78. The maximum Gasteiger partial charge on any atom is 0.274 e. The molecule has 2 atom stereocenters. The van der Waals surface area contributed by atoms with Crippen molar-refractivity contribution in [3.63, 3.8) is 0 Å². The highest BCUT2D eigenvalue weighted by Gasteiger charge is 2.31. The minimum absolute atomic E-state index is 0.131. The Morgan fingerprint density at radius 1 is 1.29 bits per heavy atom. The molecule has 0 aromatic carbocycles. The van der Waals surface area contributed by atoms with Crippen LogP contribution in [0.15, 0.2) is 12.1 Å². The van der Waals surface area contributed by atoms with Crippen LogP contribution in [-0.4, -0.2) is 28.9 Å². The molecule has 0 saturated carbocycles. The van der Waals surface area contributed by atoms with Crippen molar-refractivity contribution in [2.75, 3.05) is 13.1 Å². The molecular formula is C12H14Cl2N2O. The number of hydrogen-bond donors (Lipinski definition) is 0. The van der Waals surface area contributed by atoms with Gasteiger partial charge in [-0.3, -0.25) is 4.79 Å². The van der Waals surface area contributed by atoms with E-state index >= 15 is 0 Å². The Morgan fingerprint density at radius 2 is 1.88 bits per heavy atom. The van der Waals surface area contributed by atoms with Gasteiger partial charge in [-0.05, 0) is 24.0 Å².